The van der Waals surface area contributed by atoms with E-state index in [4.69, 9.17) is 35.6 Å². The lowest BCUT2D eigenvalue weighted by Crippen LogP contribution is -2.63. The van der Waals surface area contributed by atoms with Crippen LogP contribution in [0, 0.1) is 5.92 Å². The van der Waals surface area contributed by atoms with Gasteiger partial charge in [0.25, 0.3) is 0 Å². The largest absolute Gasteiger partial charge is 0.391 e. The number of para-hydroxylation sites is 1. The second-order valence-electron chi connectivity index (χ2n) is 19.6. The Morgan fingerprint density at radius 1 is 0.789 bits per heavy atom. The summed E-state index contributed by atoms with van der Waals surface area (Å²) in [5.41, 5.74) is 23.0. The van der Waals surface area contributed by atoms with E-state index in [1.807, 2.05) is 24.3 Å². The highest BCUT2D eigenvalue weighted by molar-refractivity contribution is 7.81. The van der Waals surface area contributed by atoms with Crippen molar-refractivity contribution in [2.75, 3.05) is 25.4 Å². The normalized spacial score (nSPS) is 18.2. The molecule has 25 nitrogen and oxygen atoms in total. The second kappa shape index (κ2) is 29.6. The zero-order valence-electron chi connectivity index (χ0n) is 43.2. The SMILES string of the molecule is CC[C@H](C)[C@H](NC(=O)[C@@H](Cc1c[nH]c2ccccc12)NC(=O)CC1(S)CCCCC1)C(=O)N[C@@H](C(=O)N[C@@H](CC(N)=O)C(=O)N[C@@H](CS)C(=O)N1CCC[C@@H]1C(=O)N[C@@H](CCCN=C(N)N)C(=O)NCC(N)=O)[C@@H](C)O. The van der Waals surface area contributed by atoms with E-state index in [1.54, 1.807) is 20.0 Å². The molecule has 27 heteroatoms. The van der Waals surface area contributed by atoms with Crippen molar-refractivity contribution in [3.8, 4) is 0 Å². The number of aliphatic imine (C=N–C) groups is 1. The van der Waals surface area contributed by atoms with Crippen LogP contribution < -0.4 is 60.2 Å². The van der Waals surface area contributed by atoms with Gasteiger partial charge in [0.2, 0.25) is 59.1 Å². The van der Waals surface area contributed by atoms with Crippen molar-refractivity contribution < 1.29 is 53.1 Å². The molecule has 1 aromatic heterocycles. The summed E-state index contributed by atoms with van der Waals surface area (Å²) in [6.45, 7) is 4.34. The third kappa shape index (κ3) is 18.6. The Morgan fingerprint density at radius 2 is 1.43 bits per heavy atom. The first-order valence-corrected chi connectivity index (χ1v) is 26.6. The standard InChI is InChI=1S/C49H76N14O11S2/c1-4-26(2)39(61-43(70)32(20-28-23-55-30-13-7-6-12-29(28)30)57-38(67)22-49(76)16-8-5-9-17-49)45(72)62-40(27(3)64)46(73)59-33(21-36(50)65)42(69)60-34(25-75)47(74)63-19-11-15-35(63)44(71)58-31(14-10-18-54-48(52)53)41(68)56-24-37(51)66/h6-7,12-13,23,26-27,31-35,39-40,55,64,75-76H,4-5,8-11,14-22,24-25H2,1-3H3,(H2,50,65)(H2,51,66)(H,56,68)(H,57,67)(H,58,71)(H,59,73)(H,60,69)(H,61,70)(H,62,72)(H4,52,53,54)/t26-,27+,31-,32+,33-,34-,35+,39-,40+/m0/s1. The number of rotatable bonds is 29. The lowest BCUT2D eigenvalue weighted by atomic mass is 9.85. The van der Waals surface area contributed by atoms with E-state index >= 15 is 0 Å². The maximum Gasteiger partial charge on any atom is 0.246 e. The minimum absolute atomic E-state index is 0.0384. The zero-order chi connectivity index (χ0) is 56.3. The summed E-state index contributed by atoms with van der Waals surface area (Å²) in [6, 6.07) is -2.29. The Balaban J connectivity index is 1.48. The molecule has 1 aliphatic heterocycles. The van der Waals surface area contributed by atoms with Crippen LogP contribution in [-0.2, 0) is 54.4 Å². The Hall–Kier alpha value is -6.61. The van der Waals surface area contributed by atoms with Crippen molar-refractivity contribution in [2.24, 2.45) is 33.8 Å². The van der Waals surface area contributed by atoms with E-state index in [2.05, 4.69) is 59.8 Å². The number of benzene rings is 1. The number of H-pyrrole nitrogens is 1. The summed E-state index contributed by atoms with van der Waals surface area (Å²) in [5, 5.41) is 29.6. The number of nitrogens with two attached hydrogens (primary N) is 4. The van der Waals surface area contributed by atoms with Crippen molar-refractivity contribution in [2.45, 2.75) is 157 Å². The lowest BCUT2D eigenvalue weighted by Gasteiger charge is -2.33. The number of primary amides is 2. The van der Waals surface area contributed by atoms with Gasteiger partial charge in [0.05, 0.1) is 19.1 Å². The maximum atomic E-state index is 14.3. The van der Waals surface area contributed by atoms with Gasteiger partial charge in [-0.25, -0.2) is 0 Å². The number of aliphatic hydroxyl groups is 1. The fraction of sp³-hybridized carbons (Fsp3) is 0.612. The van der Waals surface area contributed by atoms with Crippen LogP contribution in [0.15, 0.2) is 35.5 Å². The van der Waals surface area contributed by atoms with Crippen LogP contribution in [0.3, 0.4) is 0 Å². The first-order valence-electron chi connectivity index (χ1n) is 25.5. The Bertz CT molecular complexity index is 2430. The number of carbonyl (C=O) groups is 10. The van der Waals surface area contributed by atoms with Crippen LogP contribution >= 0.6 is 25.3 Å². The Morgan fingerprint density at radius 3 is 2.07 bits per heavy atom. The molecule has 420 valence electrons. The van der Waals surface area contributed by atoms with Gasteiger partial charge in [-0.05, 0) is 63.0 Å². The van der Waals surface area contributed by atoms with E-state index in [0.717, 1.165) is 48.6 Å². The fourth-order valence-corrected chi connectivity index (χ4v) is 9.94. The van der Waals surface area contributed by atoms with E-state index in [1.165, 1.54) is 11.8 Å². The molecule has 10 amide bonds. The van der Waals surface area contributed by atoms with Gasteiger partial charge < -0.3 is 75.1 Å². The minimum Gasteiger partial charge on any atom is -0.391 e. The number of nitrogens with one attached hydrogen (secondary N) is 8. The van der Waals surface area contributed by atoms with E-state index in [-0.39, 0.29) is 62.8 Å². The van der Waals surface area contributed by atoms with E-state index < -0.39 is 125 Å². The van der Waals surface area contributed by atoms with Crippen LogP contribution in [0.5, 0.6) is 0 Å². The Labute approximate surface area is 452 Å². The number of aromatic amines is 1. The Kier molecular flexibility index (Phi) is 24.1. The number of thiol groups is 2. The molecule has 1 aliphatic carbocycles. The average molecular weight is 1100 g/mol. The molecule has 2 aromatic rings. The van der Waals surface area contributed by atoms with Gasteiger partial charge in [0.15, 0.2) is 5.96 Å². The summed E-state index contributed by atoms with van der Waals surface area (Å²) in [4.78, 5) is 143. The minimum atomic E-state index is -1.78. The van der Waals surface area contributed by atoms with Crippen LogP contribution in [0.2, 0.25) is 0 Å². The molecule has 1 saturated heterocycles. The lowest BCUT2D eigenvalue weighted by molar-refractivity contribution is -0.142. The molecular formula is C49H76N14O11S2. The number of likely N-dealkylation sites (tertiary alicyclic amines) is 1. The van der Waals surface area contributed by atoms with Crippen molar-refractivity contribution >= 4 is 101 Å². The number of aliphatic hydroxyl groups excluding tert-OH is 1. The molecule has 2 fully saturated rings. The summed E-state index contributed by atoms with van der Waals surface area (Å²) in [7, 11) is 0. The fourth-order valence-electron chi connectivity index (χ4n) is 9.24. The molecule has 0 spiro atoms. The average Bonchev–Trinajstić information content (AvgIpc) is 4.03. The first-order chi connectivity index (χ1) is 36.0. The number of hydrogen-bond donors (Lipinski definition) is 15. The summed E-state index contributed by atoms with van der Waals surface area (Å²) < 4.78 is -0.539. The third-order valence-corrected chi connectivity index (χ3v) is 14.5. The highest BCUT2D eigenvalue weighted by Crippen LogP contribution is 2.36. The van der Waals surface area contributed by atoms with E-state index in [0.29, 0.717) is 12.8 Å². The summed E-state index contributed by atoms with van der Waals surface area (Å²) in [6.07, 6.45) is 4.99. The first kappa shape index (κ1) is 61.9. The molecule has 1 aromatic carbocycles. The number of hydrogen-bond acceptors (Lipinski definition) is 14. The monoisotopic (exact) mass is 1100 g/mol. The third-order valence-electron chi connectivity index (χ3n) is 13.6. The molecular weight excluding hydrogens is 1020 g/mol. The van der Waals surface area contributed by atoms with Crippen LogP contribution in [-0.4, -0.2) is 159 Å². The van der Waals surface area contributed by atoms with Crippen molar-refractivity contribution in [1.82, 2.24) is 47.1 Å². The van der Waals surface area contributed by atoms with Crippen LogP contribution in [0.25, 0.3) is 10.9 Å². The van der Waals surface area contributed by atoms with Crippen molar-refractivity contribution in [1.29, 1.82) is 0 Å². The van der Waals surface area contributed by atoms with Gasteiger partial charge in [-0.15, -0.1) is 0 Å². The maximum absolute atomic E-state index is 14.3. The molecule has 17 N–H and O–H groups in total. The number of nitrogens with zero attached hydrogens (tertiary/aromatic N) is 2. The van der Waals surface area contributed by atoms with Gasteiger partial charge in [0.1, 0.15) is 42.3 Å². The van der Waals surface area contributed by atoms with Gasteiger partial charge in [-0.3, -0.25) is 52.9 Å². The van der Waals surface area contributed by atoms with Crippen molar-refractivity contribution in [3.05, 3.63) is 36.0 Å². The van der Waals surface area contributed by atoms with Gasteiger partial charge in [-0.1, -0.05) is 57.7 Å². The molecule has 0 bridgehead atoms. The van der Waals surface area contributed by atoms with E-state index in [9.17, 15) is 53.1 Å². The molecule has 76 heavy (non-hydrogen) atoms. The van der Waals surface area contributed by atoms with Gasteiger partial charge in [-0.2, -0.15) is 25.3 Å². The molecule has 4 rings (SSSR count). The number of fused-ring (bicyclic) bond motifs is 1. The summed E-state index contributed by atoms with van der Waals surface area (Å²) in [5.74, 6) is -9.33. The summed E-state index contributed by atoms with van der Waals surface area (Å²) >= 11 is 9.11. The predicted molar refractivity (Wildman–Crippen MR) is 289 cm³/mol. The highest BCUT2D eigenvalue weighted by Gasteiger charge is 2.41. The van der Waals surface area contributed by atoms with Crippen LogP contribution in [0.1, 0.15) is 103 Å². The van der Waals surface area contributed by atoms with Crippen molar-refractivity contribution in [3.63, 3.8) is 0 Å². The second-order valence-corrected chi connectivity index (χ2v) is 20.9. The van der Waals surface area contributed by atoms with Gasteiger partial charge in [0, 0.05) is 53.5 Å². The quantitative estimate of drug-likeness (QED) is 0.0174. The molecule has 0 radical (unpaired) electrons. The zero-order valence-corrected chi connectivity index (χ0v) is 45.0. The van der Waals surface area contributed by atoms with Crippen LogP contribution in [0.4, 0.5) is 0 Å². The number of carbonyl (C=O) groups excluding carboxylic acids is 10. The van der Waals surface area contributed by atoms with Gasteiger partial charge >= 0.3 is 0 Å². The topological polar surface area (TPSA) is 411 Å². The number of guanidine groups is 1. The smallest absolute Gasteiger partial charge is 0.246 e. The molecule has 1 saturated carbocycles. The number of amides is 10. The molecule has 2 aliphatic rings. The highest BCUT2D eigenvalue weighted by atomic mass is 32.1. The molecule has 9 atom stereocenters. The predicted octanol–water partition coefficient (Wildman–Crippen LogP) is -2.48. The molecule has 2 heterocycles. The molecule has 0 unspecified atom stereocenters. The number of aromatic nitrogens is 1.